The normalized spacial score (nSPS) is 22.3. The zero-order valence-electron chi connectivity index (χ0n) is 18.4. The van der Waals surface area contributed by atoms with Crippen LogP contribution in [-0.4, -0.2) is 77.9 Å². The molecule has 1 N–H and O–H groups in total. The number of piperidine rings is 1. The van der Waals surface area contributed by atoms with Crippen molar-refractivity contribution in [3.05, 3.63) is 29.3 Å². The molecule has 0 saturated carbocycles. The summed E-state index contributed by atoms with van der Waals surface area (Å²) in [6.07, 6.45) is 3.47. The molecule has 2 saturated heterocycles. The first-order valence-corrected chi connectivity index (χ1v) is 11.0. The van der Waals surface area contributed by atoms with Gasteiger partial charge in [0.15, 0.2) is 0 Å². The van der Waals surface area contributed by atoms with E-state index < -0.39 is 0 Å². The maximum atomic E-state index is 12.7. The average molecular weight is 401 g/mol. The molecule has 0 unspecified atom stereocenters. The number of benzene rings is 1. The van der Waals surface area contributed by atoms with Gasteiger partial charge in [-0.3, -0.25) is 19.4 Å². The largest absolute Gasteiger partial charge is 0.339 e. The fourth-order valence-electron chi connectivity index (χ4n) is 4.33. The van der Waals surface area contributed by atoms with Gasteiger partial charge in [0.05, 0.1) is 12.6 Å². The number of aryl methyl sites for hydroxylation is 2. The van der Waals surface area contributed by atoms with E-state index in [2.05, 4.69) is 33.0 Å². The van der Waals surface area contributed by atoms with E-state index in [4.69, 9.17) is 0 Å². The van der Waals surface area contributed by atoms with Crippen molar-refractivity contribution in [1.29, 1.82) is 0 Å². The Hall–Kier alpha value is -1.92. The van der Waals surface area contributed by atoms with Gasteiger partial charge in [-0.1, -0.05) is 12.1 Å². The van der Waals surface area contributed by atoms with Crippen molar-refractivity contribution in [2.75, 3.05) is 44.6 Å². The number of hydrogen-bond donors (Lipinski definition) is 1. The minimum absolute atomic E-state index is 0.0327. The molecule has 2 atom stereocenters. The van der Waals surface area contributed by atoms with E-state index in [1.165, 1.54) is 6.42 Å². The van der Waals surface area contributed by atoms with E-state index in [9.17, 15) is 9.59 Å². The molecule has 1 aromatic carbocycles. The summed E-state index contributed by atoms with van der Waals surface area (Å²) in [7, 11) is 0. The van der Waals surface area contributed by atoms with Crippen LogP contribution in [0.4, 0.5) is 5.69 Å². The predicted molar refractivity (Wildman–Crippen MR) is 117 cm³/mol. The SMILES string of the molecule is Cc1ccc(C)c(NC(=O)[C@@H](C)N2CCN(CC(=O)N3CCCC[C@H]3C)CC2)c1. The smallest absolute Gasteiger partial charge is 0.241 e. The number of hydrogen-bond acceptors (Lipinski definition) is 4. The van der Waals surface area contributed by atoms with E-state index >= 15 is 0 Å². The topological polar surface area (TPSA) is 55.9 Å². The average Bonchev–Trinajstić information content (AvgIpc) is 2.71. The van der Waals surface area contributed by atoms with Crippen LogP contribution in [-0.2, 0) is 9.59 Å². The maximum absolute atomic E-state index is 12.7. The minimum Gasteiger partial charge on any atom is -0.339 e. The molecular weight excluding hydrogens is 364 g/mol. The molecule has 6 nitrogen and oxygen atoms in total. The molecule has 0 bridgehead atoms. The molecule has 1 aromatic rings. The molecule has 6 heteroatoms. The van der Waals surface area contributed by atoms with Crippen LogP contribution in [0, 0.1) is 13.8 Å². The Labute approximate surface area is 175 Å². The summed E-state index contributed by atoms with van der Waals surface area (Å²) in [5.41, 5.74) is 3.10. The molecule has 3 rings (SSSR count). The van der Waals surface area contributed by atoms with E-state index in [1.54, 1.807) is 0 Å². The minimum atomic E-state index is -0.185. The Morgan fingerprint density at radius 3 is 2.52 bits per heavy atom. The molecule has 29 heavy (non-hydrogen) atoms. The zero-order valence-corrected chi connectivity index (χ0v) is 18.4. The third kappa shape index (κ3) is 5.58. The molecule has 2 aliphatic heterocycles. The molecule has 2 amide bonds. The Morgan fingerprint density at radius 2 is 1.83 bits per heavy atom. The quantitative estimate of drug-likeness (QED) is 0.826. The van der Waals surface area contributed by atoms with Crippen LogP contribution in [0.5, 0.6) is 0 Å². The van der Waals surface area contributed by atoms with Gasteiger partial charge in [-0.2, -0.15) is 0 Å². The van der Waals surface area contributed by atoms with Crippen molar-refractivity contribution in [1.82, 2.24) is 14.7 Å². The molecule has 2 aliphatic rings. The van der Waals surface area contributed by atoms with Crippen molar-refractivity contribution in [3.8, 4) is 0 Å². The Balaban J connectivity index is 1.47. The van der Waals surface area contributed by atoms with Crippen molar-refractivity contribution in [2.24, 2.45) is 0 Å². The van der Waals surface area contributed by atoms with Gasteiger partial charge in [0.25, 0.3) is 0 Å². The van der Waals surface area contributed by atoms with Crippen LogP contribution in [0.15, 0.2) is 18.2 Å². The third-order valence-corrected chi connectivity index (χ3v) is 6.47. The van der Waals surface area contributed by atoms with Crippen molar-refractivity contribution in [2.45, 2.75) is 59.0 Å². The van der Waals surface area contributed by atoms with Gasteiger partial charge in [-0.05, 0) is 64.2 Å². The Bertz CT molecular complexity index is 728. The number of likely N-dealkylation sites (tertiary alicyclic amines) is 1. The number of carbonyl (C=O) groups excluding carboxylic acids is 2. The van der Waals surface area contributed by atoms with Crippen LogP contribution >= 0.6 is 0 Å². The highest BCUT2D eigenvalue weighted by Crippen LogP contribution is 2.19. The second-order valence-electron chi connectivity index (χ2n) is 8.73. The predicted octanol–water partition coefficient (Wildman–Crippen LogP) is 2.65. The number of nitrogens with zero attached hydrogens (tertiary/aromatic N) is 3. The van der Waals surface area contributed by atoms with Gasteiger partial charge in [-0.25, -0.2) is 0 Å². The number of rotatable bonds is 5. The van der Waals surface area contributed by atoms with E-state index in [-0.39, 0.29) is 17.9 Å². The second-order valence-corrected chi connectivity index (χ2v) is 8.73. The van der Waals surface area contributed by atoms with Crippen LogP contribution in [0.25, 0.3) is 0 Å². The zero-order chi connectivity index (χ0) is 21.0. The van der Waals surface area contributed by atoms with Gasteiger partial charge in [0.2, 0.25) is 11.8 Å². The second kappa shape index (κ2) is 9.72. The Kier molecular flexibility index (Phi) is 7.30. The molecule has 0 radical (unpaired) electrons. The number of nitrogens with one attached hydrogen (secondary N) is 1. The van der Waals surface area contributed by atoms with E-state index in [0.29, 0.717) is 12.6 Å². The van der Waals surface area contributed by atoms with Crippen molar-refractivity contribution < 1.29 is 9.59 Å². The summed E-state index contributed by atoms with van der Waals surface area (Å²) >= 11 is 0. The monoisotopic (exact) mass is 400 g/mol. The number of carbonyl (C=O) groups is 2. The van der Waals surface area contributed by atoms with Crippen LogP contribution in [0.3, 0.4) is 0 Å². The number of amides is 2. The van der Waals surface area contributed by atoms with Gasteiger partial charge in [0.1, 0.15) is 0 Å². The van der Waals surface area contributed by atoms with Crippen LogP contribution in [0.1, 0.15) is 44.2 Å². The molecule has 2 fully saturated rings. The summed E-state index contributed by atoms with van der Waals surface area (Å²) in [5, 5.41) is 3.08. The lowest BCUT2D eigenvalue weighted by Gasteiger charge is -2.39. The van der Waals surface area contributed by atoms with Gasteiger partial charge in [-0.15, -0.1) is 0 Å². The summed E-state index contributed by atoms with van der Waals surface area (Å²) < 4.78 is 0. The van der Waals surface area contributed by atoms with Crippen LogP contribution in [0.2, 0.25) is 0 Å². The fourth-order valence-corrected chi connectivity index (χ4v) is 4.33. The standard InChI is InChI=1S/C23H36N4O2/c1-17-8-9-18(2)21(15-17)24-23(29)20(4)26-13-11-25(12-14-26)16-22(28)27-10-6-5-7-19(27)3/h8-9,15,19-20H,5-7,10-14,16H2,1-4H3,(H,24,29)/t19-,20-/m1/s1. The number of piperazine rings is 1. The van der Waals surface area contributed by atoms with E-state index in [1.807, 2.05) is 32.9 Å². The highest BCUT2D eigenvalue weighted by molar-refractivity contribution is 5.95. The summed E-state index contributed by atoms with van der Waals surface area (Å²) in [5.74, 6) is 0.289. The lowest BCUT2D eigenvalue weighted by Crippen LogP contribution is -2.55. The summed E-state index contributed by atoms with van der Waals surface area (Å²) in [6.45, 7) is 12.8. The molecule has 0 aromatic heterocycles. The highest BCUT2D eigenvalue weighted by Gasteiger charge is 2.29. The summed E-state index contributed by atoms with van der Waals surface area (Å²) in [6, 6.07) is 6.29. The summed E-state index contributed by atoms with van der Waals surface area (Å²) in [4.78, 5) is 31.9. The molecule has 0 spiro atoms. The molecule has 0 aliphatic carbocycles. The van der Waals surface area contributed by atoms with E-state index in [0.717, 1.165) is 62.4 Å². The van der Waals surface area contributed by atoms with Crippen molar-refractivity contribution >= 4 is 17.5 Å². The maximum Gasteiger partial charge on any atom is 0.241 e. The molecule has 2 heterocycles. The molecule has 160 valence electrons. The van der Waals surface area contributed by atoms with Gasteiger partial charge >= 0.3 is 0 Å². The lowest BCUT2D eigenvalue weighted by molar-refractivity contribution is -0.136. The first kappa shape index (κ1) is 21.8. The van der Waals surface area contributed by atoms with Crippen LogP contribution < -0.4 is 5.32 Å². The van der Waals surface area contributed by atoms with Gasteiger partial charge < -0.3 is 10.2 Å². The van der Waals surface area contributed by atoms with Gasteiger partial charge in [0, 0.05) is 44.5 Å². The molecular formula is C23H36N4O2. The first-order valence-electron chi connectivity index (χ1n) is 11.0. The Morgan fingerprint density at radius 1 is 1.10 bits per heavy atom. The first-order chi connectivity index (χ1) is 13.8. The van der Waals surface area contributed by atoms with Crippen molar-refractivity contribution in [3.63, 3.8) is 0 Å². The fraction of sp³-hybridized carbons (Fsp3) is 0.652. The number of anilines is 1. The third-order valence-electron chi connectivity index (χ3n) is 6.47. The lowest BCUT2D eigenvalue weighted by atomic mass is 10.0. The highest BCUT2D eigenvalue weighted by atomic mass is 16.2.